The van der Waals surface area contributed by atoms with Gasteiger partial charge in [-0.2, -0.15) is 5.26 Å². The van der Waals surface area contributed by atoms with Crippen LogP contribution in [0.2, 0.25) is 0 Å². The highest BCUT2D eigenvalue weighted by Gasteiger charge is 2.07. The van der Waals surface area contributed by atoms with Crippen molar-refractivity contribution in [1.82, 2.24) is 0 Å². The van der Waals surface area contributed by atoms with Crippen LogP contribution in [0, 0.1) is 17.1 Å². The van der Waals surface area contributed by atoms with Gasteiger partial charge in [-0.05, 0) is 48.2 Å². The first-order valence-electron chi connectivity index (χ1n) is 6.09. The Kier molecular flexibility index (Phi) is 4.27. The Hall–Kier alpha value is -2.18. The first-order valence-corrected chi connectivity index (χ1v) is 6.09. The lowest BCUT2D eigenvalue weighted by Crippen LogP contribution is -2.13. The summed E-state index contributed by atoms with van der Waals surface area (Å²) in [6.45, 7) is 0. The SMILES string of the molecule is N#Cc1ccc(CC(O)Cc2ccc(F)cc2)cc1. The largest absolute Gasteiger partial charge is 0.392 e. The minimum atomic E-state index is -0.515. The third kappa shape index (κ3) is 3.90. The van der Waals surface area contributed by atoms with Crippen LogP contribution in [0.1, 0.15) is 16.7 Å². The van der Waals surface area contributed by atoms with E-state index in [1.807, 2.05) is 12.1 Å². The average molecular weight is 255 g/mol. The molecule has 19 heavy (non-hydrogen) atoms. The fourth-order valence-electron chi connectivity index (χ4n) is 1.95. The number of nitrogens with zero attached hydrogens (tertiary/aromatic N) is 1. The number of benzene rings is 2. The highest BCUT2D eigenvalue weighted by molar-refractivity contribution is 5.32. The molecule has 0 spiro atoms. The van der Waals surface area contributed by atoms with Gasteiger partial charge in [-0.15, -0.1) is 0 Å². The molecule has 0 fully saturated rings. The van der Waals surface area contributed by atoms with Crippen LogP contribution in [0.5, 0.6) is 0 Å². The van der Waals surface area contributed by atoms with Crippen molar-refractivity contribution in [2.45, 2.75) is 18.9 Å². The Labute approximate surface area is 111 Å². The Morgan fingerprint density at radius 2 is 1.42 bits per heavy atom. The molecule has 96 valence electrons. The van der Waals surface area contributed by atoms with Crippen LogP contribution in [0.25, 0.3) is 0 Å². The molecule has 0 saturated heterocycles. The predicted molar refractivity (Wildman–Crippen MR) is 71.0 cm³/mol. The van der Waals surface area contributed by atoms with Crippen molar-refractivity contribution in [2.24, 2.45) is 0 Å². The third-order valence-corrected chi connectivity index (χ3v) is 2.94. The normalized spacial score (nSPS) is 11.8. The van der Waals surface area contributed by atoms with Gasteiger partial charge in [-0.1, -0.05) is 24.3 Å². The van der Waals surface area contributed by atoms with E-state index in [9.17, 15) is 9.50 Å². The summed E-state index contributed by atoms with van der Waals surface area (Å²) in [5.74, 6) is -0.273. The van der Waals surface area contributed by atoms with E-state index in [2.05, 4.69) is 6.07 Å². The molecule has 0 aliphatic rings. The number of hydrogen-bond donors (Lipinski definition) is 1. The summed E-state index contributed by atoms with van der Waals surface area (Å²) in [5.41, 5.74) is 2.49. The van der Waals surface area contributed by atoms with Crippen molar-refractivity contribution < 1.29 is 9.50 Å². The van der Waals surface area contributed by atoms with E-state index in [0.717, 1.165) is 11.1 Å². The number of aliphatic hydroxyl groups is 1. The maximum Gasteiger partial charge on any atom is 0.123 e. The molecule has 2 aromatic carbocycles. The fraction of sp³-hybridized carbons (Fsp3) is 0.188. The van der Waals surface area contributed by atoms with Crippen LogP contribution in [-0.4, -0.2) is 11.2 Å². The first kappa shape index (κ1) is 13.3. The number of hydrogen-bond acceptors (Lipinski definition) is 2. The maximum atomic E-state index is 12.8. The Bertz CT molecular complexity index is 569. The van der Waals surface area contributed by atoms with E-state index < -0.39 is 6.10 Å². The summed E-state index contributed by atoms with van der Waals surface area (Å²) in [6, 6.07) is 15.3. The maximum absolute atomic E-state index is 12.8. The van der Waals surface area contributed by atoms with Gasteiger partial charge in [-0.25, -0.2) is 4.39 Å². The van der Waals surface area contributed by atoms with Gasteiger partial charge in [0.05, 0.1) is 17.7 Å². The molecule has 2 aromatic rings. The summed E-state index contributed by atoms with van der Waals surface area (Å²) >= 11 is 0. The van der Waals surface area contributed by atoms with Gasteiger partial charge in [-0.3, -0.25) is 0 Å². The van der Waals surface area contributed by atoms with Crippen molar-refractivity contribution >= 4 is 0 Å². The molecule has 0 aliphatic heterocycles. The molecule has 0 aliphatic carbocycles. The van der Waals surface area contributed by atoms with Crippen molar-refractivity contribution in [1.29, 1.82) is 5.26 Å². The Morgan fingerprint density at radius 3 is 1.89 bits per heavy atom. The van der Waals surface area contributed by atoms with Crippen LogP contribution in [-0.2, 0) is 12.8 Å². The van der Waals surface area contributed by atoms with Gasteiger partial charge in [0.15, 0.2) is 0 Å². The van der Waals surface area contributed by atoms with E-state index in [-0.39, 0.29) is 5.82 Å². The minimum Gasteiger partial charge on any atom is -0.392 e. The van der Waals surface area contributed by atoms with E-state index in [0.29, 0.717) is 18.4 Å². The number of rotatable bonds is 4. The number of nitriles is 1. The van der Waals surface area contributed by atoms with Gasteiger partial charge in [0, 0.05) is 0 Å². The summed E-state index contributed by atoms with van der Waals surface area (Å²) in [5, 5.41) is 18.7. The van der Waals surface area contributed by atoms with Crippen LogP contribution >= 0.6 is 0 Å². The summed E-state index contributed by atoms with van der Waals surface area (Å²) in [6.07, 6.45) is 0.488. The highest BCUT2D eigenvalue weighted by atomic mass is 19.1. The van der Waals surface area contributed by atoms with Crippen molar-refractivity contribution in [2.75, 3.05) is 0 Å². The van der Waals surface area contributed by atoms with Gasteiger partial charge in [0.25, 0.3) is 0 Å². The van der Waals surface area contributed by atoms with Gasteiger partial charge in [0.1, 0.15) is 5.82 Å². The molecule has 0 aromatic heterocycles. The highest BCUT2D eigenvalue weighted by Crippen LogP contribution is 2.11. The summed E-state index contributed by atoms with van der Waals surface area (Å²) < 4.78 is 12.8. The molecule has 0 heterocycles. The van der Waals surface area contributed by atoms with E-state index in [4.69, 9.17) is 5.26 Å². The average Bonchev–Trinajstić information content (AvgIpc) is 2.42. The van der Waals surface area contributed by atoms with Crippen molar-refractivity contribution in [3.8, 4) is 6.07 Å². The molecule has 1 unspecified atom stereocenters. The lowest BCUT2D eigenvalue weighted by atomic mass is 10.0. The van der Waals surface area contributed by atoms with Gasteiger partial charge in [0.2, 0.25) is 0 Å². The summed E-state index contributed by atoms with van der Waals surface area (Å²) in [4.78, 5) is 0. The molecule has 3 heteroatoms. The zero-order valence-corrected chi connectivity index (χ0v) is 10.4. The van der Waals surface area contributed by atoms with E-state index >= 15 is 0 Å². The lowest BCUT2D eigenvalue weighted by molar-refractivity contribution is 0.175. The molecule has 1 N–H and O–H groups in total. The topological polar surface area (TPSA) is 44.0 Å². The molecule has 0 amide bonds. The fourth-order valence-corrected chi connectivity index (χ4v) is 1.95. The molecule has 0 radical (unpaired) electrons. The second kappa shape index (κ2) is 6.12. The first-order chi connectivity index (χ1) is 9.17. The van der Waals surface area contributed by atoms with Crippen LogP contribution in [0.3, 0.4) is 0 Å². The third-order valence-electron chi connectivity index (χ3n) is 2.94. The quantitative estimate of drug-likeness (QED) is 0.913. The number of halogens is 1. The van der Waals surface area contributed by atoms with E-state index in [1.165, 1.54) is 12.1 Å². The number of aliphatic hydroxyl groups excluding tert-OH is 1. The van der Waals surface area contributed by atoms with E-state index in [1.54, 1.807) is 24.3 Å². The molecule has 1 atom stereocenters. The molecular weight excluding hydrogens is 241 g/mol. The van der Waals surface area contributed by atoms with Gasteiger partial charge >= 0.3 is 0 Å². The second-order valence-corrected chi connectivity index (χ2v) is 4.50. The van der Waals surface area contributed by atoms with Crippen LogP contribution in [0.15, 0.2) is 48.5 Å². The molecule has 2 rings (SSSR count). The smallest absolute Gasteiger partial charge is 0.123 e. The standard InChI is InChI=1S/C16H14FNO/c17-15-7-5-13(6-8-15)10-16(19)9-12-1-3-14(11-18)4-2-12/h1-8,16,19H,9-10H2. The minimum absolute atomic E-state index is 0.273. The Morgan fingerprint density at radius 1 is 0.947 bits per heavy atom. The molecule has 0 bridgehead atoms. The van der Waals surface area contributed by atoms with Crippen LogP contribution in [0.4, 0.5) is 4.39 Å². The zero-order chi connectivity index (χ0) is 13.7. The predicted octanol–water partition coefficient (Wildman–Crippen LogP) is 2.84. The monoisotopic (exact) mass is 255 g/mol. The lowest BCUT2D eigenvalue weighted by Gasteiger charge is -2.10. The van der Waals surface area contributed by atoms with Crippen molar-refractivity contribution in [3.05, 3.63) is 71.0 Å². The van der Waals surface area contributed by atoms with Crippen molar-refractivity contribution in [3.63, 3.8) is 0 Å². The molecule has 0 saturated carbocycles. The van der Waals surface area contributed by atoms with Crippen LogP contribution < -0.4 is 0 Å². The molecular formula is C16H14FNO. The van der Waals surface area contributed by atoms with Gasteiger partial charge < -0.3 is 5.11 Å². The zero-order valence-electron chi connectivity index (χ0n) is 10.4. The summed E-state index contributed by atoms with van der Waals surface area (Å²) in [7, 11) is 0. The Balaban J connectivity index is 1.95. The second-order valence-electron chi connectivity index (χ2n) is 4.50. The molecule has 2 nitrogen and oxygen atoms in total.